The minimum Gasteiger partial charge on any atom is -0.376 e. The predicted octanol–water partition coefficient (Wildman–Crippen LogP) is 4.00. The smallest absolute Gasteiger partial charge is 0.125 e. The molecule has 0 aromatic carbocycles. The summed E-state index contributed by atoms with van der Waals surface area (Å²) in [5, 5.41) is 3.28. The van der Waals surface area contributed by atoms with E-state index in [-0.39, 0.29) is 0 Å². The summed E-state index contributed by atoms with van der Waals surface area (Å²) in [5.74, 6) is 1.74. The first-order valence-electron chi connectivity index (χ1n) is 7.65. The summed E-state index contributed by atoms with van der Waals surface area (Å²) in [6.45, 7) is 4.73. The zero-order valence-electron chi connectivity index (χ0n) is 12.0. The lowest BCUT2D eigenvalue weighted by molar-refractivity contribution is 0.0738. The van der Waals surface area contributed by atoms with Gasteiger partial charge in [-0.2, -0.15) is 0 Å². The van der Waals surface area contributed by atoms with Crippen LogP contribution >= 0.6 is 0 Å². The molecule has 0 saturated heterocycles. The summed E-state index contributed by atoms with van der Waals surface area (Å²) in [6.07, 6.45) is 9.90. The molecule has 1 aliphatic carbocycles. The van der Waals surface area contributed by atoms with Gasteiger partial charge < -0.3 is 10.1 Å². The molecule has 1 aromatic rings. The van der Waals surface area contributed by atoms with Crippen molar-refractivity contribution in [2.45, 2.75) is 52.1 Å². The van der Waals surface area contributed by atoms with Gasteiger partial charge in [0.15, 0.2) is 0 Å². The molecule has 1 fully saturated rings. The summed E-state index contributed by atoms with van der Waals surface area (Å²) < 4.78 is 5.82. The second kappa shape index (κ2) is 8.16. The molecule has 0 aliphatic heterocycles. The maximum atomic E-state index is 5.82. The van der Waals surface area contributed by atoms with Crippen molar-refractivity contribution < 1.29 is 4.74 Å². The van der Waals surface area contributed by atoms with Crippen molar-refractivity contribution in [3.05, 3.63) is 23.9 Å². The van der Waals surface area contributed by atoms with E-state index in [9.17, 15) is 0 Å². The molecule has 1 N–H and O–H groups in total. The number of ether oxygens (including phenoxy) is 1. The fourth-order valence-electron chi connectivity index (χ4n) is 2.56. The third kappa shape index (κ3) is 5.19. The molecule has 3 nitrogen and oxygen atoms in total. The summed E-state index contributed by atoms with van der Waals surface area (Å²) in [4.78, 5) is 4.39. The molecular weight excluding hydrogens is 236 g/mol. The Bertz CT molecular complexity index is 344. The van der Waals surface area contributed by atoms with E-state index in [4.69, 9.17) is 4.74 Å². The average Bonchev–Trinajstić information content (AvgIpc) is 2.47. The lowest BCUT2D eigenvalue weighted by Crippen LogP contribution is -2.13. The van der Waals surface area contributed by atoms with E-state index in [0.29, 0.717) is 6.61 Å². The maximum Gasteiger partial charge on any atom is 0.125 e. The number of nitrogens with one attached hydrogen (secondary N) is 1. The second-order valence-corrected chi connectivity index (χ2v) is 5.50. The highest BCUT2D eigenvalue weighted by Gasteiger charge is 2.13. The van der Waals surface area contributed by atoms with E-state index < -0.39 is 0 Å². The Hall–Kier alpha value is -1.09. The Kier molecular flexibility index (Phi) is 6.15. The molecule has 1 saturated carbocycles. The molecule has 2 rings (SSSR count). The van der Waals surface area contributed by atoms with Gasteiger partial charge in [-0.05, 0) is 36.8 Å². The van der Waals surface area contributed by atoms with Crippen molar-refractivity contribution >= 4 is 5.82 Å². The van der Waals surface area contributed by atoms with Crippen LogP contribution in [0.5, 0.6) is 0 Å². The third-order valence-electron chi connectivity index (χ3n) is 3.73. The average molecular weight is 262 g/mol. The largest absolute Gasteiger partial charge is 0.376 e. The fourth-order valence-corrected chi connectivity index (χ4v) is 2.56. The molecule has 1 heterocycles. The van der Waals surface area contributed by atoms with Crippen LogP contribution in [0.3, 0.4) is 0 Å². The van der Waals surface area contributed by atoms with Crippen molar-refractivity contribution in [3.63, 3.8) is 0 Å². The number of anilines is 1. The number of nitrogens with zero attached hydrogens (tertiary/aromatic N) is 1. The topological polar surface area (TPSA) is 34.1 Å². The van der Waals surface area contributed by atoms with Crippen LogP contribution in [-0.2, 0) is 11.3 Å². The van der Waals surface area contributed by atoms with Crippen molar-refractivity contribution in [1.29, 1.82) is 0 Å². The van der Waals surface area contributed by atoms with Crippen LogP contribution in [0.1, 0.15) is 51.0 Å². The lowest BCUT2D eigenvalue weighted by Gasteiger charge is -2.21. The van der Waals surface area contributed by atoms with Crippen LogP contribution in [0.4, 0.5) is 5.82 Å². The SMILES string of the molecule is CCCNc1ccc(COCC2CCCCC2)cn1. The van der Waals surface area contributed by atoms with Crippen molar-refractivity contribution in [3.8, 4) is 0 Å². The Morgan fingerprint density at radius 1 is 1.26 bits per heavy atom. The van der Waals surface area contributed by atoms with Gasteiger partial charge in [0.05, 0.1) is 6.61 Å². The van der Waals surface area contributed by atoms with Crippen molar-refractivity contribution in [1.82, 2.24) is 4.98 Å². The van der Waals surface area contributed by atoms with Gasteiger partial charge in [0.25, 0.3) is 0 Å². The summed E-state index contributed by atoms with van der Waals surface area (Å²) in [6, 6.07) is 4.14. The second-order valence-electron chi connectivity index (χ2n) is 5.50. The first-order chi connectivity index (χ1) is 9.38. The van der Waals surface area contributed by atoms with Gasteiger partial charge >= 0.3 is 0 Å². The van der Waals surface area contributed by atoms with Crippen LogP contribution < -0.4 is 5.32 Å². The highest BCUT2D eigenvalue weighted by atomic mass is 16.5. The predicted molar refractivity (Wildman–Crippen MR) is 79.2 cm³/mol. The van der Waals surface area contributed by atoms with Gasteiger partial charge in [-0.3, -0.25) is 0 Å². The highest BCUT2D eigenvalue weighted by Crippen LogP contribution is 2.23. The van der Waals surface area contributed by atoms with E-state index in [1.807, 2.05) is 12.3 Å². The zero-order chi connectivity index (χ0) is 13.3. The Balaban J connectivity index is 1.67. The molecule has 19 heavy (non-hydrogen) atoms. The maximum absolute atomic E-state index is 5.82. The Morgan fingerprint density at radius 2 is 2.11 bits per heavy atom. The number of rotatable bonds is 7. The van der Waals surface area contributed by atoms with Crippen LogP contribution in [0.25, 0.3) is 0 Å². The van der Waals surface area contributed by atoms with Gasteiger partial charge in [0.1, 0.15) is 5.82 Å². The number of hydrogen-bond donors (Lipinski definition) is 1. The van der Waals surface area contributed by atoms with Crippen molar-refractivity contribution in [2.75, 3.05) is 18.5 Å². The van der Waals surface area contributed by atoms with Crippen molar-refractivity contribution in [2.24, 2.45) is 5.92 Å². The monoisotopic (exact) mass is 262 g/mol. The van der Waals surface area contributed by atoms with Gasteiger partial charge in [-0.25, -0.2) is 4.98 Å². The molecule has 0 bridgehead atoms. The standard InChI is InChI=1S/C16H26N2O/c1-2-10-17-16-9-8-15(11-18-16)13-19-12-14-6-4-3-5-7-14/h8-9,11,14H,2-7,10,12-13H2,1H3,(H,17,18). The Morgan fingerprint density at radius 3 is 2.79 bits per heavy atom. The summed E-state index contributed by atoms with van der Waals surface area (Å²) in [7, 11) is 0. The minimum absolute atomic E-state index is 0.692. The molecule has 0 unspecified atom stereocenters. The molecule has 3 heteroatoms. The Labute approximate surface area is 116 Å². The van der Waals surface area contributed by atoms with Crippen LogP contribution in [0.2, 0.25) is 0 Å². The van der Waals surface area contributed by atoms with Gasteiger partial charge in [0, 0.05) is 19.3 Å². The molecule has 0 atom stereocenters. The van der Waals surface area contributed by atoms with Crippen LogP contribution in [0, 0.1) is 5.92 Å². The fraction of sp³-hybridized carbons (Fsp3) is 0.688. The van der Waals surface area contributed by atoms with Crippen LogP contribution in [0.15, 0.2) is 18.3 Å². The highest BCUT2D eigenvalue weighted by molar-refractivity contribution is 5.35. The molecule has 1 aliphatic rings. The van der Waals surface area contributed by atoms with Crippen LogP contribution in [-0.4, -0.2) is 18.1 Å². The number of pyridine rings is 1. The van der Waals surface area contributed by atoms with Gasteiger partial charge in [-0.15, -0.1) is 0 Å². The lowest BCUT2D eigenvalue weighted by atomic mass is 9.90. The normalized spacial score (nSPS) is 16.5. The summed E-state index contributed by atoms with van der Waals surface area (Å²) >= 11 is 0. The van der Waals surface area contributed by atoms with E-state index in [1.54, 1.807) is 0 Å². The van der Waals surface area contributed by atoms with E-state index in [2.05, 4.69) is 23.3 Å². The molecule has 0 amide bonds. The molecule has 0 spiro atoms. The molecule has 0 radical (unpaired) electrons. The molecule has 106 valence electrons. The quantitative estimate of drug-likeness (QED) is 0.806. The van der Waals surface area contributed by atoms with E-state index in [0.717, 1.165) is 36.9 Å². The minimum atomic E-state index is 0.692. The third-order valence-corrected chi connectivity index (χ3v) is 3.73. The molecular formula is C16H26N2O. The summed E-state index contributed by atoms with van der Waals surface area (Å²) in [5.41, 5.74) is 1.16. The van der Waals surface area contributed by atoms with E-state index in [1.165, 1.54) is 32.1 Å². The van der Waals surface area contributed by atoms with Gasteiger partial charge in [-0.1, -0.05) is 32.3 Å². The number of hydrogen-bond acceptors (Lipinski definition) is 3. The van der Waals surface area contributed by atoms with E-state index >= 15 is 0 Å². The number of aromatic nitrogens is 1. The molecule has 1 aromatic heterocycles. The zero-order valence-corrected chi connectivity index (χ0v) is 12.0. The first-order valence-corrected chi connectivity index (χ1v) is 7.65. The first kappa shape index (κ1) is 14.3. The van der Waals surface area contributed by atoms with Gasteiger partial charge in [0.2, 0.25) is 0 Å².